The van der Waals surface area contributed by atoms with Gasteiger partial charge in [0.2, 0.25) is 0 Å². The van der Waals surface area contributed by atoms with Crippen LogP contribution in [-0.4, -0.2) is 11.1 Å². The standard InChI is InChI=1S/C15H14F2N2O2/c1-8-6-14(20)9(2)5-13(8)19-15(21)18-12-4-3-10(16)7-11(12)17/h3-7,20H,1-2H3,(H2,18,19,21). The van der Waals surface area contributed by atoms with Gasteiger partial charge in [0, 0.05) is 11.8 Å². The van der Waals surface area contributed by atoms with Gasteiger partial charge in [-0.05, 0) is 49.2 Å². The first-order valence-electron chi connectivity index (χ1n) is 6.20. The Bertz CT molecular complexity index is 702. The Morgan fingerprint density at radius 1 is 1.00 bits per heavy atom. The van der Waals surface area contributed by atoms with Gasteiger partial charge in [0.1, 0.15) is 17.4 Å². The normalized spacial score (nSPS) is 10.3. The van der Waals surface area contributed by atoms with E-state index in [0.29, 0.717) is 22.9 Å². The number of nitrogens with one attached hydrogen (secondary N) is 2. The monoisotopic (exact) mass is 292 g/mol. The number of rotatable bonds is 2. The first-order valence-corrected chi connectivity index (χ1v) is 6.20. The number of hydrogen-bond donors (Lipinski definition) is 3. The van der Waals surface area contributed by atoms with E-state index < -0.39 is 17.7 Å². The average Bonchev–Trinajstić information content (AvgIpc) is 2.39. The fraction of sp³-hybridized carbons (Fsp3) is 0.133. The van der Waals surface area contributed by atoms with Gasteiger partial charge in [0.15, 0.2) is 0 Å². The average molecular weight is 292 g/mol. The molecule has 0 heterocycles. The van der Waals surface area contributed by atoms with Crippen LogP contribution in [0.25, 0.3) is 0 Å². The van der Waals surface area contributed by atoms with E-state index in [1.807, 2.05) is 0 Å². The zero-order valence-electron chi connectivity index (χ0n) is 11.5. The molecule has 3 N–H and O–H groups in total. The summed E-state index contributed by atoms with van der Waals surface area (Å²) in [5.41, 5.74) is 1.63. The second kappa shape index (κ2) is 5.78. The predicted octanol–water partition coefficient (Wildman–Crippen LogP) is 3.93. The maximum Gasteiger partial charge on any atom is 0.323 e. The zero-order valence-corrected chi connectivity index (χ0v) is 11.5. The van der Waals surface area contributed by atoms with E-state index in [4.69, 9.17) is 0 Å². The lowest BCUT2D eigenvalue weighted by Crippen LogP contribution is -2.20. The third-order valence-corrected chi connectivity index (χ3v) is 2.97. The van der Waals surface area contributed by atoms with Crippen LogP contribution in [0.1, 0.15) is 11.1 Å². The zero-order chi connectivity index (χ0) is 15.6. The van der Waals surface area contributed by atoms with E-state index >= 15 is 0 Å². The minimum Gasteiger partial charge on any atom is -0.508 e. The molecule has 2 aromatic carbocycles. The molecule has 0 aliphatic rings. The highest BCUT2D eigenvalue weighted by molar-refractivity contribution is 6.00. The van der Waals surface area contributed by atoms with Crippen molar-refractivity contribution < 1.29 is 18.7 Å². The van der Waals surface area contributed by atoms with Crippen LogP contribution in [0.2, 0.25) is 0 Å². The third-order valence-electron chi connectivity index (χ3n) is 2.97. The molecule has 0 bridgehead atoms. The van der Waals surface area contributed by atoms with E-state index in [1.165, 1.54) is 6.07 Å². The van der Waals surface area contributed by atoms with Crippen LogP contribution in [0, 0.1) is 25.5 Å². The highest BCUT2D eigenvalue weighted by Crippen LogP contribution is 2.25. The summed E-state index contributed by atoms with van der Waals surface area (Å²) >= 11 is 0. The van der Waals surface area contributed by atoms with Crippen molar-refractivity contribution >= 4 is 17.4 Å². The molecular formula is C15H14F2N2O2. The fourth-order valence-corrected chi connectivity index (χ4v) is 1.80. The van der Waals surface area contributed by atoms with Gasteiger partial charge < -0.3 is 15.7 Å². The second-order valence-corrected chi connectivity index (χ2v) is 4.66. The van der Waals surface area contributed by atoms with Gasteiger partial charge in [-0.15, -0.1) is 0 Å². The first-order chi connectivity index (χ1) is 9.86. The first kappa shape index (κ1) is 14.8. The van der Waals surface area contributed by atoms with Gasteiger partial charge in [-0.25, -0.2) is 13.6 Å². The molecule has 0 saturated heterocycles. The van der Waals surface area contributed by atoms with Crippen LogP contribution in [-0.2, 0) is 0 Å². The number of anilines is 2. The Morgan fingerprint density at radius 3 is 2.33 bits per heavy atom. The number of benzene rings is 2. The molecule has 0 unspecified atom stereocenters. The largest absolute Gasteiger partial charge is 0.508 e. The van der Waals surface area contributed by atoms with Crippen LogP contribution in [0.4, 0.5) is 25.0 Å². The minimum absolute atomic E-state index is 0.123. The second-order valence-electron chi connectivity index (χ2n) is 4.66. The molecular weight excluding hydrogens is 278 g/mol. The number of phenolic OH excluding ortho intramolecular Hbond substituents is 1. The van der Waals surface area contributed by atoms with Gasteiger partial charge >= 0.3 is 6.03 Å². The number of halogens is 2. The maximum absolute atomic E-state index is 13.4. The number of urea groups is 1. The number of phenols is 1. The fourth-order valence-electron chi connectivity index (χ4n) is 1.80. The van der Waals surface area contributed by atoms with Gasteiger partial charge in [0.25, 0.3) is 0 Å². The summed E-state index contributed by atoms with van der Waals surface area (Å²) in [6.07, 6.45) is 0. The van der Waals surface area contributed by atoms with E-state index in [2.05, 4.69) is 10.6 Å². The third kappa shape index (κ3) is 3.47. The topological polar surface area (TPSA) is 61.4 Å². The summed E-state index contributed by atoms with van der Waals surface area (Å²) in [6.45, 7) is 3.41. The highest BCUT2D eigenvalue weighted by Gasteiger charge is 2.10. The summed E-state index contributed by atoms with van der Waals surface area (Å²) in [5.74, 6) is -1.45. The molecule has 0 fully saturated rings. The number of hydrogen-bond acceptors (Lipinski definition) is 2. The number of carbonyl (C=O) groups excluding carboxylic acids is 1. The Labute approximate surface area is 120 Å². The van der Waals surface area contributed by atoms with Crippen LogP contribution in [0.3, 0.4) is 0 Å². The SMILES string of the molecule is Cc1cc(NC(=O)Nc2ccc(F)cc2F)c(C)cc1O. The van der Waals surface area contributed by atoms with Gasteiger partial charge in [-0.1, -0.05) is 0 Å². The van der Waals surface area contributed by atoms with E-state index in [9.17, 15) is 18.7 Å². The molecule has 0 radical (unpaired) electrons. The molecule has 0 aliphatic heterocycles. The van der Waals surface area contributed by atoms with Gasteiger partial charge in [-0.2, -0.15) is 0 Å². The van der Waals surface area contributed by atoms with Gasteiger partial charge in [0.05, 0.1) is 5.69 Å². The molecule has 0 aromatic heterocycles. The number of amides is 2. The molecule has 110 valence electrons. The molecule has 2 aromatic rings. The molecule has 2 amide bonds. The molecule has 2 rings (SSSR count). The van der Waals surface area contributed by atoms with E-state index in [0.717, 1.165) is 12.1 Å². The molecule has 0 saturated carbocycles. The summed E-state index contributed by atoms with van der Waals surface area (Å²) in [7, 11) is 0. The van der Waals surface area contributed by atoms with Crippen molar-refractivity contribution in [3.8, 4) is 5.75 Å². The minimum atomic E-state index is -0.858. The molecule has 0 spiro atoms. The van der Waals surface area contributed by atoms with Crippen molar-refractivity contribution in [3.63, 3.8) is 0 Å². The predicted molar refractivity (Wildman–Crippen MR) is 76.6 cm³/mol. The number of aryl methyl sites for hydroxylation is 2. The maximum atomic E-state index is 13.4. The van der Waals surface area contributed by atoms with Crippen molar-refractivity contribution in [2.75, 3.05) is 10.6 Å². The summed E-state index contributed by atoms with van der Waals surface area (Å²) in [6, 6.07) is 5.34. The quantitative estimate of drug-likeness (QED) is 0.734. The van der Waals surface area contributed by atoms with Crippen molar-refractivity contribution in [3.05, 3.63) is 53.1 Å². The van der Waals surface area contributed by atoms with Gasteiger partial charge in [-0.3, -0.25) is 0 Å². The van der Waals surface area contributed by atoms with Crippen molar-refractivity contribution in [2.45, 2.75) is 13.8 Å². The van der Waals surface area contributed by atoms with E-state index in [-0.39, 0.29) is 11.4 Å². The van der Waals surface area contributed by atoms with Crippen molar-refractivity contribution in [1.29, 1.82) is 0 Å². The number of carbonyl (C=O) groups is 1. The summed E-state index contributed by atoms with van der Waals surface area (Å²) in [4.78, 5) is 11.8. The molecule has 0 aliphatic carbocycles. The highest BCUT2D eigenvalue weighted by atomic mass is 19.1. The van der Waals surface area contributed by atoms with Crippen molar-refractivity contribution in [2.24, 2.45) is 0 Å². The summed E-state index contributed by atoms with van der Waals surface area (Å²) in [5, 5.41) is 14.4. The molecule has 4 nitrogen and oxygen atoms in total. The van der Waals surface area contributed by atoms with Crippen LogP contribution < -0.4 is 10.6 Å². The Hall–Kier alpha value is -2.63. The van der Waals surface area contributed by atoms with E-state index in [1.54, 1.807) is 19.9 Å². The van der Waals surface area contributed by atoms with Crippen LogP contribution >= 0.6 is 0 Å². The van der Waals surface area contributed by atoms with Crippen molar-refractivity contribution in [1.82, 2.24) is 0 Å². The lowest BCUT2D eigenvalue weighted by molar-refractivity contribution is 0.262. The number of aromatic hydroxyl groups is 1. The smallest absolute Gasteiger partial charge is 0.323 e. The van der Waals surface area contributed by atoms with Crippen LogP contribution in [0.15, 0.2) is 30.3 Å². The molecule has 6 heteroatoms. The Kier molecular flexibility index (Phi) is 4.07. The molecule has 21 heavy (non-hydrogen) atoms. The lowest BCUT2D eigenvalue weighted by atomic mass is 10.1. The summed E-state index contributed by atoms with van der Waals surface area (Å²) < 4.78 is 26.2. The van der Waals surface area contributed by atoms with Crippen LogP contribution in [0.5, 0.6) is 5.75 Å². The Morgan fingerprint density at radius 2 is 1.67 bits per heavy atom. The molecule has 0 atom stereocenters. The Balaban J connectivity index is 2.13. The lowest BCUT2D eigenvalue weighted by Gasteiger charge is -2.12.